The van der Waals surface area contributed by atoms with E-state index in [0.717, 1.165) is 29.3 Å². The van der Waals surface area contributed by atoms with Gasteiger partial charge in [-0.05, 0) is 26.8 Å². The number of rotatable bonds is 4. The van der Waals surface area contributed by atoms with Crippen LogP contribution in [0.25, 0.3) is 0 Å². The van der Waals surface area contributed by atoms with Crippen molar-refractivity contribution in [3.63, 3.8) is 0 Å². The van der Waals surface area contributed by atoms with Crippen LogP contribution in [0.1, 0.15) is 35.7 Å². The third kappa shape index (κ3) is 2.31. The molecule has 2 aromatic heterocycles. The molecule has 5 heteroatoms. The van der Waals surface area contributed by atoms with E-state index >= 15 is 0 Å². The lowest BCUT2D eigenvalue weighted by molar-refractivity contribution is 0.173. The molecule has 1 unspecified atom stereocenters. The molecule has 0 saturated carbocycles. The Morgan fingerprint density at radius 2 is 2.22 bits per heavy atom. The van der Waals surface area contributed by atoms with Crippen LogP contribution in [-0.2, 0) is 13.0 Å². The number of aromatic nitrogens is 2. The molecule has 0 aliphatic rings. The Hall–Kier alpha value is -1.26. The molecular formula is C13H17ClN2O2. The van der Waals surface area contributed by atoms with Crippen LogP contribution in [0, 0.1) is 13.8 Å². The lowest BCUT2D eigenvalue weighted by Crippen LogP contribution is -2.09. The minimum Gasteiger partial charge on any atom is -0.469 e. The van der Waals surface area contributed by atoms with E-state index in [2.05, 4.69) is 5.10 Å². The van der Waals surface area contributed by atoms with E-state index in [-0.39, 0.29) is 0 Å². The normalized spacial score (nSPS) is 12.9. The minimum atomic E-state index is -0.623. The molecule has 98 valence electrons. The summed E-state index contributed by atoms with van der Waals surface area (Å²) >= 11 is 6.22. The molecule has 1 atom stereocenters. The second-order valence-electron chi connectivity index (χ2n) is 4.31. The van der Waals surface area contributed by atoms with E-state index in [9.17, 15) is 5.11 Å². The van der Waals surface area contributed by atoms with E-state index in [1.165, 1.54) is 0 Å². The summed E-state index contributed by atoms with van der Waals surface area (Å²) in [5.41, 5.74) is 2.46. The average molecular weight is 269 g/mol. The molecule has 2 heterocycles. The highest BCUT2D eigenvalue weighted by molar-refractivity contribution is 6.31. The number of aliphatic hydroxyl groups excluding tert-OH is 1. The highest BCUT2D eigenvalue weighted by atomic mass is 35.5. The van der Waals surface area contributed by atoms with Gasteiger partial charge in [0, 0.05) is 18.5 Å². The van der Waals surface area contributed by atoms with Gasteiger partial charge in [-0.1, -0.05) is 11.6 Å². The van der Waals surface area contributed by atoms with Crippen molar-refractivity contribution in [2.24, 2.45) is 0 Å². The van der Waals surface area contributed by atoms with Gasteiger partial charge in [-0.25, -0.2) is 0 Å². The maximum Gasteiger partial charge on any atom is 0.106 e. The molecule has 0 spiro atoms. The maximum absolute atomic E-state index is 10.2. The number of hydrogen-bond donors (Lipinski definition) is 1. The quantitative estimate of drug-likeness (QED) is 0.927. The molecule has 0 bridgehead atoms. The first-order valence-electron chi connectivity index (χ1n) is 5.98. The summed E-state index contributed by atoms with van der Waals surface area (Å²) < 4.78 is 7.03. The van der Waals surface area contributed by atoms with E-state index in [1.807, 2.05) is 25.5 Å². The number of aryl methyl sites for hydroxylation is 3. The zero-order chi connectivity index (χ0) is 13.3. The summed E-state index contributed by atoms with van der Waals surface area (Å²) in [6.45, 7) is 6.44. The summed E-state index contributed by atoms with van der Waals surface area (Å²) in [5, 5.41) is 15.2. The lowest BCUT2D eigenvalue weighted by Gasteiger charge is -2.11. The number of halogens is 1. The van der Waals surface area contributed by atoms with Crippen LogP contribution in [0.3, 0.4) is 0 Å². The number of furan rings is 1. The number of nitrogens with zero attached hydrogens (tertiary/aromatic N) is 2. The van der Waals surface area contributed by atoms with Gasteiger partial charge in [-0.2, -0.15) is 5.10 Å². The number of hydrogen-bond acceptors (Lipinski definition) is 3. The maximum atomic E-state index is 10.2. The molecule has 0 radical (unpaired) electrons. The van der Waals surface area contributed by atoms with Crippen LogP contribution < -0.4 is 0 Å². The second kappa shape index (κ2) is 5.16. The van der Waals surface area contributed by atoms with E-state index in [1.54, 1.807) is 12.3 Å². The third-order valence-electron chi connectivity index (χ3n) is 3.10. The minimum absolute atomic E-state index is 0.438. The summed E-state index contributed by atoms with van der Waals surface area (Å²) in [7, 11) is 0. The van der Waals surface area contributed by atoms with Crippen LogP contribution in [0.5, 0.6) is 0 Å². The van der Waals surface area contributed by atoms with Crippen LogP contribution in [-0.4, -0.2) is 14.9 Å². The zero-order valence-electron chi connectivity index (χ0n) is 10.8. The Morgan fingerprint density at radius 3 is 2.78 bits per heavy atom. The predicted molar refractivity (Wildman–Crippen MR) is 69.8 cm³/mol. The predicted octanol–water partition coefficient (Wildman–Crippen LogP) is 3.04. The molecule has 2 rings (SSSR count). The van der Waals surface area contributed by atoms with Gasteiger partial charge >= 0.3 is 0 Å². The van der Waals surface area contributed by atoms with Gasteiger partial charge < -0.3 is 9.52 Å². The lowest BCUT2D eigenvalue weighted by atomic mass is 10.1. The van der Waals surface area contributed by atoms with Gasteiger partial charge in [0.15, 0.2) is 0 Å². The van der Waals surface area contributed by atoms with Crippen molar-refractivity contribution in [3.05, 3.63) is 40.1 Å². The fraction of sp³-hybridized carbons (Fsp3) is 0.462. The van der Waals surface area contributed by atoms with E-state index in [4.69, 9.17) is 16.0 Å². The summed E-state index contributed by atoms with van der Waals surface area (Å²) in [4.78, 5) is 0. The fourth-order valence-corrected chi connectivity index (χ4v) is 2.31. The van der Waals surface area contributed by atoms with Crippen molar-refractivity contribution in [1.29, 1.82) is 0 Å². The molecule has 0 fully saturated rings. The Labute approximate surface area is 111 Å². The van der Waals surface area contributed by atoms with E-state index < -0.39 is 6.10 Å². The standard InChI is InChI=1S/C13H17ClN2O2/c1-4-16-11(13(14)8(2)15-16)7-12(17)10-5-6-18-9(10)3/h5-6,12,17H,4,7H2,1-3H3. The Morgan fingerprint density at radius 1 is 1.50 bits per heavy atom. The first-order valence-corrected chi connectivity index (χ1v) is 6.36. The SMILES string of the molecule is CCn1nc(C)c(Cl)c1CC(O)c1ccoc1C. The van der Waals surface area contributed by atoms with Crippen molar-refractivity contribution in [1.82, 2.24) is 9.78 Å². The molecule has 2 aromatic rings. The smallest absolute Gasteiger partial charge is 0.106 e. The molecule has 0 aliphatic carbocycles. The van der Waals surface area contributed by atoms with Gasteiger partial charge in [0.25, 0.3) is 0 Å². The largest absolute Gasteiger partial charge is 0.469 e. The summed E-state index contributed by atoms with van der Waals surface area (Å²) in [5.74, 6) is 0.734. The summed E-state index contributed by atoms with van der Waals surface area (Å²) in [6, 6.07) is 1.79. The topological polar surface area (TPSA) is 51.2 Å². The molecule has 18 heavy (non-hydrogen) atoms. The van der Waals surface area contributed by atoms with Crippen molar-refractivity contribution in [2.45, 2.75) is 39.8 Å². The first kappa shape index (κ1) is 13.2. The fourth-order valence-electron chi connectivity index (χ4n) is 2.10. The third-order valence-corrected chi connectivity index (χ3v) is 3.59. The molecule has 0 saturated heterocycles. The van der Waals surface area contributed by atoms with Crippen LogP contribution in [0.4, 0.5) is 0 Å². The van der Waals surface area contributed by atoms with E-state index in [0.29, 0.717) is 11.4 Å². The number of aliphatic hydroxyl groups is 1. The Bertz CT molecular complexity index is 545. The summed E-state index contributed by atoms with van der Waals surface area (Å²) in [6.07, 6.45) is 1.40. The van der Waals surface area contributed by atoms with Gasteiger partial charge in [-0.3, -0.25) is 4.68 Å². The van der Waals surface area contributed by atoms with Gasteiger partial charge in [0.1, 0.15) is 5.76 Å². The van der Waals surface area contributed by atoms with Gasteiger partial charge in [0.05, 0.1) is 28.8 Å². The molecular weight excluding hydrogens is 252 g/mol. The molecule has 1 N–H and O–H groups in total. The highest BCUT2D eigenvalue weighted by Gasteiger charge is 2.19. The zero-order valence-corrected chi connectivity index (χ0v) is 11.5. The highest BCUT2D eigenvalue weighted by Crippen LogP contribution is 2.27. The van der Waals surface area contributed by atoms with Crippen molar-refractivity contribution < 1.29 is 9.52 Å². The van der Waals surface area contributed by atoms with Crippen molar-refractivity contribution in [2.75, 3.05) is 0 Å². The molecule has 0 amide bonds. The molecule has 0 aromatic carbocycles. The van der Waals surface area contributed by atoms with Crippen molar-refractivity contribution in [3.8, 4) is 0 Å². The monoisotopic (exact) mass is 268 g/mol. The molecule has 4 nitrogen and oxygen atoms in total. The Kier molecular flexibility index (Phi) is 3.78. The molecule has 0 aliphatic heterocycles. The van der Waals surface area contributed by atoms with Crippen LogP contribution in [0.15, 0.2) is 16.7 Å². The van der Waals surface area contributed by atoms with Gasteiger partial charge in [0.2, 0.25) is 0 Å². The van der Waals surface area contributed by atoms with Gasteiger partial charge in [-0.15, -0.1) is 0 Å². The first-order chi connectivity index (χ1) is 8.54. The average Bonchev–Trinajstić information content (AvgIpc) is 2.87. The van der Waals surface area contributed by atoms with Crippen molar-refractivity contribution >= 4 is 11.6 Å². The second-order valence-corrected chi connectivity index (χ2v) is 4.69. The van der Waals surface area contributed by atoms with Crippen LogP contribution >= 0.6 is 11.6 Å². The van der Waals surface area contributed by atoms with Crippen LogP contribution in [0.2, 0.25) is 5.02 Å². The Balaban J connectivity index is 2.27.